The summed E-state index contributed by atoms with van der Waals surface area (Å²) in [7, 11) is 1.18. The average molecular weight is 1120 g/mol. The molecule has 0 saturated heterocycles. The number of hydrogen-bond acceptors (Lipinski definition) is 7. The van der Waals surface area contributed by atoms with Crippen LogP contribution in [-0.4, -0.2) is 69.4 Å². The van der Waals surface area contributed by atoms with Crippen molar-refractivity contribution in [3.05, 3.63) is 60.8 Å². The molecule has 1 N–H and O–H groups in total. The number of carbonyl (C=O) groups is 2. The Morgan fingerprint density at radius 2 is 0.782 bits per heavy atom. The lowest BCUT2D eigenvalue weighted by atomic mass is 10.0. The maximum atomic E-state index is 13.5. The summed E-state index contributed by atoms with van der Waals surface area (Å²) in [6.45, 7) is 6.82. The highest BCUT2D eigenvalue weighted by Crippen LogP contribution is 2.38. The van der Waals surface area contributed by atoms with Crippen LogP contribution in [0.2, 0.25) is 0 Å². The summed E-state index contributed by atoms with van der Waals surface area (Å²) in [4.78, 5) is 40.0. The number of likely N-dealkylation sites (N-methyl/N-ethyl adjacent to an activating group) is 1. The minimum Gasteiger partial charge on any atom is -0.756 e. The van der Waals surface area contributed by atoms with Gasteiger partial charge < -0.3 is 28.5 Å². The van der Waals surface area contributed by atoms with Crippen molar-refractivity contribution in [1.82, 2.24) is 5.32 Å². The SMILES string of the molecule is CCCCC/C=C\C/C=C\C/C=C\CCCCCCCCCCCCCCC(=O)OC(/C=C\CCCCCCCCCCCCC)C(COP(=O)([O-])OCC[N+](C)(C)C)NC(=O)CCCCC/C=C\CCCCCCCCC. The second kappa shape index (κ2) is 57.9. The molecule has 3 atom stereocenters. The van der Waals surface area contributed by atoms with Crippen molar-refractivity contribution in [2.75, 3.05) is 40.9 Å². The molecule has 9 nitrogen and oxygen atoms in total. The number of carbonyl (C=O) groups excluding carboxylic acids is 2. The number of rotatable bonds is 60. The van der Waals surface area contributed by atoms with E-state index in [2.05, 4.69) is 74.7 Å². The quantitative estimate of drug-likeness (QED) is 0.0212. The zero-order valence-electron chi connectivity index (χ0n) is 52.1. The van der Waals surface area contributed by atoms with E-state index in [1.165, 1.54) is 193 Å². The fourth-order valence-corrected chi connectivity index (χ4v) is 10.2. The molecule has 456 valence electrons. The molecule has 0 heterocycles. The van der Waals surface area contributed by atoms with E-state index in [0.29, 0.717) is 23.9 Å². The van der Waals surface area contributed by atoms with Crippen LogP contribution >= 0.6 is 7.82 Å². The highest BCUT2D eigenvalue weighted by Gasteiger charge is 2.27. The van der Waals surface area contributed by atoms with E-state index in [1.807, 2.05) is 33.3 Å². The Hall–Kier alpha value is -2.29. The molecule has 0 aliphatic heterocycles. The average Bonchev–Trinajstić information content (AvgIpc) is 3.40. The standard InChI is InChI=1S/C68H127N2O7P/c1-7-10-13-16-19-22-25-28-30-31-32-33-34-35-36-37-38-39-40-43-46-49-52-55-58-61-68(72)77-66(59-56-53-50-47-44-41-27-24-21-18-15-12-9-3)65(64-76-78(73,74)75-63-62-70(4,5)6)69-67(71)60-57-54-51-48-45-42-29-26-23-20-17-14-11-8-2/h19,22,28,30,32-33,42,45,56,59,65-66H,7-18,20-21,23-27,29,31,34-41,43-44,46-55,57-58,60-64H2,1-6H3,(H-,69,71,73,74)/b22-19-,30-28-,33-32-,45-42-,59-56-. The largest absolute Gasteiger partial charge is 0.756 e. The number of hydrogen-bond donors (Lipinski definition) is 1. The summed E-state index contributed by atoms with van der Waals surface area (Å²) in [5, 5.41) is 3.02. The molecule has 10 heteroatoms. The Kier molecular flexibility index (Phi) is 56.2. The summed E-state index contributed by atoms with van der Waals surface area (Å²) in [5.41, 5.74) is 0. The molecule has 0 aromatic heterocycles. The van der Waals surface area contributed by atoms with Crippen LogP contribution in [0.1, 0.15) is 310 Å². The Balaban J connectivity index is 5.13. The number of allylic oxidation sites excluding steroid dienone is 9. The summed E-state index contributed by atoms with van der Waals surface area (Å²) in [6.07, 6.45) is 73.3. The van der Waals surface area contributed by atoms with Crippen molar-refractivity contribution in [2.24, 2.45) is 0 Å². The first kappa shape index (κ1) is 75.7. The Morgan fingerprint density at radius 1 is 0.449 bits per heavy atom. The maximum Gasteiger partial charge on any atom is 0.306 e. The van der Waals surface area contributed by atoms with Crippen molar-refractivity contribution in [3.63, 3.8) is 0 Å². The van der Waals surface area contributed by atoms with Gasteiger partial charge in [-0.15, -0.1) is 0 Å². The first-order valence-electron chi connectivity index (χ1n) is 33.1. The molecule has 0 aromatic rings. The lowest BCUT2D eigenvalue weighted by molar-refractivity contribution is -0.870. The van der Waals surface area contributed by atoms with E-state index in [1.54, 1.807) is 0 Å². The van der Waals surface area contributed by atoms with Gasteiger partial charge in [-0.1, -0.05) is 262 Å². The van der Waals surface area contributed by atoms with E-state index >= 15 is 0 Å². The monoisotopic (exact) mass is 1110 g/mol. The molecule has 0 fully saturated rings. The third kappa shape index (κ3) is 58.4. The van der Waals surface area contributed by atoms with Gasteiger partial charge in [0.25, 0.3) is 7.82 Å². The van der Waals surface area contributed by atoms with Gasteiger partial charge in [0.1, 0.15) is 19.3 Å². The van der Waals surface area contributed by atoms with Gasteiger partial charge in [-0.25, -0.2) is 0 Å². The molecule has 0 saturated carbocycles. The van der Waals surface area contributed by atoms with Gasteiger partial charge in [-0.05, 0) is 96.0 Å². The summed E-state index contributed by atoms with van der Waals surface area (Å²) < 4.78 is 30.4. The second-order valence-electron chi connectivity index (χ2n) is 23.6. The molecule has 0 spiro atoms. The van der Waals surface area contributed by atoms with Crippen LogP contribution in [0.15, 0.2) is 60.8 Å². The summed E-state index contributed by atoms with van der Waals surface area (Å²) in [5.74, 6) is -0.553. The minimum atomic E-state index is -4.70. The summed E-state index contributed by atoms with van der Waals surface area (Å²) in [6, 6.07) is -0.897. The van der Waals surface area contributed by atoms with Crippen molar-refractivity contribution in [3.8, 4) is 0 Å². The van der Waals surface area contributed by atoms with E-state index in [0.717, 1.165) is 77.0 Å². The van der Waals surface area contributed by atoms with Gasteiger partial charge in [0, 0.05) is 12.8 Å². The number of esters is 1. The maximum absolute atomic E-state index is 13.5. The van der Waals surface area contributed by atoms with Crippen molar-refractivity contribution in [1.29, 1.82) is 0 Å². The molecule has 0 aliphatic rings. The van der Waals surface area contributed by atoms with Crippen LogP contribution in [0.3, 0.4) is 0 Å². The Morgan fingerprint density at radius 3 is 1.22 bits per heavy atom. The molecule has 0 aliphatic carbocycles. The van der Waals surface area contributed by atoms with Gasteiger partial charge in [-0.2, -0.15) is 0 Å². The first-order chi connectivity index (χ1) is 37.9. The van der Waals surface area contributed by atoms with Gasteiger partial charge in [-0.3, -0.25) is 14.2 Å². The Labute approximate surface area is 483 Å². The zero-order valence-corrected chi connectivity index (χ0v) is 53.0. The van der Waals surface area contributed by atoms with Crippen LogP contribution in [-0.2, 0) is 27.9 Å². The highest BCUT2D eigenvalue weighted by molar-refractivity contribution is 7.45. The molecule has 0 bridgehead atoms. The molecule has 3 unspecified atom stereocenters. The van der Waals surface area contributed by atoms with Crippen LogP contribution in [0, 0.1) is 0 Å². The van der Waals surface area contributed by atoms with Crippen molar-refractivity contribution in [2.45, 2.75) is 322 Å². The number of nitrogens with zero attached hydrogens (tertiary/aromatic N) is 1. The molecule has 0 rings (SSSR count). The van der Waals surface area contributed by atoms with Crippen molar-refractivity contribution < 1.29 is 37.3 Å². The van der Waals surface area contributed by atoms with Gasteiger partial charge >= 0.3 is 5.97 Å². The van der Waals surface area contributed by atoms with Gasteiger partial charge in [0.15, 0.2) is 0 Å². The normalized spacial score (nSPS) is 14.0. The van der Waals surface area contributed by atoms with Crippen LogP contribution in [0.25, 0.3) is 0 Å². The van der Waals surface area contributed by atoms with E-state index in [9.17, 15) is 19.0 Å². The van der Waals surface area contributed by atoms with Crippen LogP contribution < -0.4 is 10.2 Å². The molecular formula is C68H127N2O7P. The number of nitrogens with one attached hydrogen (secondary N) is 1. The third-order valence-electron chi connectivity index (χ3n) is 14.7. The second-order valence-corrected chi connectivity index (χ2v) is 25.0. The van der Waals surface area contributed by atoms with E-state index in [4.69, 9.17) is 13.8 Å². The zero-order chi connectivity index (χ0) is 57.2. The number of quaternary nitrogens is 1. The predicted molar refractivity (Wildman–Crippen MR) is 335 cm³/mol. The number of amides is 1. The Bertz CT molecular complexity index is 1520. The van der Waals surface area contributed by atoms with Gasteiger partial charge in [0.2, 0.25) is 5.91 Å². The number of ether oxygens (including phenoxy) is 1. The lowest BCUT2D eigenvalue weighted by Gasteiger charge is -2.30. The molecule has 0 aromatic carbocycles. The predicted octanol–water partition coefficient (Wildman–Crippen LogP) is 20.0. The first-order valence-corrected chi connectivity index (χ1v) is 34.6. The van der Waals surface area contributed by atoms with E-state index in [-0.39, 0.29) is 24.9 Å². The number of phosphoric ester groups is 1. The summed E-state index contributed by atoms with van der Waals surface area (Å²) >= 11 is 0. The highest BCUT2D eigenvalue weighted by atomic mass is 31.2. The fourth-order valence-electron chi connectivity index (χ4n) is 9.52. The lowest BCUT2D eigenvalue weighted by Crippen LogP contribution is -2.47. The molecule has 0 radical (unpaired) electrons. The topological polar surface area (TPSA) is 114 Å². The molecule has 1 amide bonds. The molecule has 78 heavy (non-hydrogen) atoms. The number of phosphoric acid groups is 1. The third-order valence-corrected chi connectivity index (χ3v) is 15.6. The van der Waals surface area contributed by atoms with Crippen molar-refractivity contribution >= 4 is 19.7 Å². The van der Waals surface area contributed by atoms with Crippen LogP contribution in [0.5, 0.6) is 0 Å². The molecular weight excluding hydrogens is 988 g/mol. The fraction of sp³-hybridized carbons (Fsp3) is 0.824. The number of unbranched alkanes of at least 4 members (excludes halogenated alkanes) is 36. The van der Waals surface area contributed by atoms with Gasteiger partial charge in [0.05, 0.1) is 33.8 Å². The smallest absolute Gasteiger partial charge is 0.306 e. The minimum absolute atomic E-state index is 0.0254. The van der Waals surface area contributed by atoms with Crippen LogP contribution in [0.4, 0.5) is 0 Å². The van der Waals surface area contributed by atoms with E-state index < -0.39 is 26.6 Å².